The third-order valence-corrected chi connectivity index (χ3v) is 8.86. The van der Waals surface area contributed by atoms with E-state index in [0.717, 1.165) is 42.4 Å². The largest absolute Gasteiger partial charge is 0.444 e. The molecule has 0 bridgehead atoms. The molecule has 2 amide bonds. The first-order chi connectivity index (χ1) is 22.8. The molecule has 0 radical (unpaired) electrons. The molecule has 1 fully saturated rings. The summed E-state index contributed by atoms with van der Waals surface area (Å²) >= 11 is 0. The summed E-state index contributed by atoms with van der Waals surface area (Å²) in [5.74, 6) is 0.0135. The lowest BCUT2D eigenvalue weighted by Gasteiger charge is -2.29. The number of rotatable bonds is 11. The average Bonchev–Trinajstić information content (AvgIpc) is 3.42. The normalized spacial score (nSPS) is 17.9. The van der Waals surface area contributed by atoms with Gasteiger partial charge in [-0.15, -0.1) is 0 Å². The van der Waals surface area contributed by atoms with E-state index in [-0.39, 0.29) is 42.3 Å². The number of alkyl carbamates (subject to hydrolysis) is 1. The minimum absolute atomic E-state index is 0.0170. The predicted molar refractivity (Wildman–Crippen MR) is 186 cm³/mol. The van der Waals surface area contributed by atoms with Crippen LogP contribution in [-0.4, -0.2) is 66.3 Å². The molecule has 0 unspecified atom stereocenters. The van der Waals surface area contributed by atoms with E-state index in [9.17, 15) is 19.2 Å². The zero-order valence-electron chi connectivity index (χ0n) is 28.5. The highest BCUT2D eigenvalue weighted by molar-refractivity contribution is 6.09. The lowest BCUT2D eigenvalue weighted by Crippen LogP contribution is -2.37. The molecule has 254 valence electrons. The number of ether oxygens (including phenoxy) is 1. The molecular formula is C37H46N6O5. The van der Waals surface area contributed by atoms with Crippen molar-refractivity contribution in [3.8, 4) is 11.1 Å². The first kappa shape index (κ1) is 34.5. The maximum absolute atomic E-state index is 13.8. The summed E-state index contributed by atoms with van der Waals surface area (Å²) in [6.07, 6.45) is 6.70. The minimum atomic E-state index is -0.602. The zero-order chi connectivity index (χ0) is 34.4. The number of carbonyl (C=O) groups excluding carboxylic acids is 4. The van der Waals surface area contributed by atoms with Gasteiger partial charge < -0.3 is 25.6 Å². The highest BCUT2D eigenvalue weighted by atomic mass is 16.6. The van der Waals surface area contributed by atoms with Gasteiger partial charge in [0.2, 0.25) is 11.9 Å². The first-order valence-electron chi connectivity index (χ1n) is 16.6. The van der Waals surface area contributed by atoms with Crippen LogP contribution in [0.25, 0.3) is 11.1 Å². The van der Waals surface area contributed by atoms with E-state index in [1.54, 1.807) is 30.6 Å². The summed E-state index contributed by atoms with van der Waals surface area (Å²) in [4.78, 5) is 62.4. The minimum Gasteiger partial charge on any atom is -0.444 e. The Morgan fingerprint density at radius 2 is 1.73 bits per heavy atom. The molecule has 0 saturated heterocycles. The fraction of sp³-hybridized carbons (Fsp3) is 0.459. The molecule has 1 atom stereocenters. The molecule has 1 aliphatic heterocycles. The van der Waals surface area contributed by atoms with Gasteiger partial charge in [-0.05, 0) is 88.1 Å². The van der Waals surface area contributed by atoms with E-state index >= 15 is 0 Å². The van der Waals surface area contributed by atoms with Gasteiger partial charge in [0.05, 0.1) is 6.54 Å². The summed E-state index contributed by atoms with van der Waals surface area (Å²) in [6.45, 7) is 6.25. The lowest BCUT2D eigenvalue weighted by molar-refractivity contribution is -0.129. The van der Waals surface area contributed by atoms with Crippen LogP contribution in [0.4, 0.5) is 22.1 Å². The highest BCUT2D eigenvalue weighted by Gasteiger charge is 2.31. The van der Waals surface area contributed by atoms with Crippen molar-refractivity contribution in [1.29, 1.82) is 0 Å². The van der Waals surface area contributed by atoms with Crippen molar-refractivity contribution < 1.29 is 23.9 Å². The number of hydrogen-bond donors (Lipinski definition) is 3. The van der Waals surface area contributed by atoms with Gasteiger partial charge in [-0.2, -0.15) is 0 Å². The number of benzene rings is 2. The number of hydrogen-bond acceptors (Lipinski definition) is 9. The van der Waals surface area contributed by atoms with Crippen molar-refractivity contribution in [2.45, 2.75) is 64.9 Å². The van der Waals surface area contributed by atoms with Gasteiger partial charge in [0, 0.05) is 73.8 Å². The third kappa shape index (κ3) is 9.17. The SMILES string of the molecule is CN(C)c1ncc(-c2cccc(C[C@H](CC(=O)C3CCC(CNC(=O)OC(C)(C)C)CC3)C(=O)Nc3ccc4c(c3)NCC4=O)c2)cn1. The molecule has 2 heterocycles. The quantitative estimate of drug-likeness (QED) is 0.230. The Morgan fingerprint density at radius 3 is 2.42 bits per heavy atom. The molecule has 5 rings (SSSR count). The molecule has 11 heteroatoms. The maximum Gasteiger partial charge on any atom is 0.407 e. The molecule has 11 nitrogen and oxygen atoms in total. The summed E-state index contributed by atoms with van der Waals surface area (Å²) in [5.41, 5.74) is 4.03. The molecule has 2 aromatic carbocycles. The van der Waals surface area contributed by atoms with Crippen LogP contribution in [0.15, 0.2) is 54.9 Å². The van der Waals surface area contributed by atoms with Crippen LogP contribution in [0.3, 0.4) is 0 Å². The second-order valence-electron chi connectivity index (χ2n) is 14.1. The fourth-order valence-electron chi connectivity index (χ4n) is 6.29. The van der Waals surface area contributed by atoms with Crippen LogP contribution >= 0.6 is 0 Å². The molecule has 1 aliphatic carbocycles. The van der Waals surface area contributed by atoms with Crippen LogP contribution in [0.2, 0.25) is 0 Å². The fourth-order valence-corrected chi connectivity index (χ4v) is 6.29. The van der Waals surface area contributed by atoms with Crippen molar-refractivity contribution >= 4 is 40.9 Å². The smallest absolute Gasteiger partial charge is 0.407 e. The van der Waals surface area contributed by atoms with Gasteiger partial charge in [-0.3, -0.25) is 14.4 Å². The van der Waals surface area contributed by atoms with E-state index in [1.165, 1.54) is 0 Å². The van der Waals surface area contributed by atoms with E-state index < -0.39 is 17.6 Å². The summed E-state index contributed by atoms with van der Waals surface area (Å²) in [6, 6.07) is 13.1. The molecule has 3 aromatic rings. The van der Waals surface area contributed by atoms with E-state index in [2.05, 4.69) is 25.9 Å². The highest BCUT2D eigenvalue weighted by Crippen LogP contribution is 2.32. The Kier molecular flexibility index (Phi) is 10.8. The first-order valence-corrected chi connectivity index (χ1v) is 16.6. The van der Waals surface area contributed by atoms with Gasteiger partial charge in [0.25, 0.3) is 0 Å². The molecule has 2 aliphatic rings. The second-order valence-corrected chi connectivity index (χ2v) is 14.1. The molecule has 1 aromatic heterocycles. The number of Topliss-reactive ketones (excluding diaryl/α,β-unsaturated/α-hetero) is 2. The number of anilines is 3. The summed E-state index contributed by atoms with van der Waals surface area (Å²) in [7, 11) is 3.77. The van der Waals surface area contributed by atoms with Crippen LogP contribution in [0.1, 0.15) is 68.8 Å². The van der Waals surface area contributed by atoms with Crippen molar-refractivity contribution in [2.75, 3.05) is 42.7 Å². The summed E-state index contributed by atoms with van der Waals surface area (Å²) < 4.78 is 5.35. The third-order valence-electron chi connectivity index (χ3n) is 8.86. The zero-order valence-corrected chi connectivity index (χ0v) is 28.5. The van der Waals surface area contributed by atoms with Crippen molar-refractivity contribution in [3.63, 3.8) is 0 Å². The van der Waals surface area contributed by atoms with Gasteiger partial charge in [0.15, 0.2) is 5.78 Å². The number of fused-ring (bicyclic) bond motifs is 1. The van der Waals surface area contributed by atoms with Crippen molar-refractivity contribution in [2.24, 2.45) is 17.8 Å². The van der Waals surface area contributed by atoms with Gasteiger partial charge in [-0.25, -0.2) is 14.8 Å². The Morgan fingerprint density at radius 1 is 1.00 bits per heavy atom. The predicted octanol–water partition coefficient (Wildman–Crippen LogP) is 5.91. The molecule has 0 spiro atoms. The average molecular weight is 655 g/mol. The standard InChI is InChI=1S/C37H46N6O5/c1-37(2,3)48-36(47)41-19-23-9-11-25(12-10-23)32(44)17-27(34(46)42-29-13-14-30-31(18-29)38-22-33(30)45)16-24-7-6-8-26(15-24)28-20-39-35(40-21-28)43(4)5/h6-8,13-15,18,20-21,23,25,27,38H,9-12,16-17,19,22H2,1-5H3,(H,41,47)(H,42,46)/t23?,25?,27-/m1/s1. The van der Waals surface area contributed by atoms with Crippen LogP contribution < -0.4 is 20.9 Å². The summed E-state index contributed by atoms with van der Waals surface area (Å²) in [5, 5.41) is 8.94. The Balaban J connectivity index is 1.26. The monoisotopic (exact) mass is 654 g/mol. The topological polar surface area (TPSA) is 143 Å². The number of nitrogens with one attached hydrogen (secondary N) is 3. The second kappa shape index (κ2) is 15.0. The number of aromatic nitrogens is 2. The van der Waals surface area contributed by atoms with Crippen molar-refractivity contribution in [1.82, 2.24) is 15.3 Å². The molecular weight excluding hydrogens is 608 g/mol. The van der Waals surface area contributed by atoms with E-state index in [0.29, 0.717) is 35.9 Å². The van der Waals surface area contributed by atoms with Crippen molar-refractivity contribution in [3.05, 3.63) is 66.0 Å². The molecule has 3 N–H and O–H groups in total. The molecule has 48 heavy (non-hydrogen) atoms. The maximum atomic E-state index is 13.8. The van der Waals surface area contributed by atoms with Crippen LogP contribution in [0, 0.1) is 17.8 Å². The van der Waals surface area contributed by atoms with E-state index in [1.807, 2.05) is 64.0 Å². The Bertz CT molecular complexity index is 1640. The number of carbonyl (C=O) groups is 4. The van der Waals surface area contributed by atoms with Crippen LogP contribution in [-0.2, 0) is 20.7 Å². The van der Waals surface area contributed by atoms with E-state index in [4.69, 9.17) is 4.74 Å². The Hall–Kier alpha value is -4.80. The molecule has 1 saturated carbocycles. The number of nitrogens with zero attached hydrogens (tertiary/aromatic N) is 3. The number of amides is 2. The Labute approximate surface area is 282 Å². The van der Waals surface area contributed by atoms with Crippen LogP contribution in [0.5, 0.6) is 0 Å². The van der Waals surface area contributed by atoms with Gasteiger partial charge >= 0.3 is 6.09 Å². The van der Waals surface area contributed by atoms with Gasteiger partial charge in [-0.1, -0.05) is 24.3 Å². The van der Waals surface area contributed by atoms with Gasteiger partial charge in [0.1, 0.15) is 11.4 Å². The lowest BCUT2D eigenvalue weighted by atomic mass is 9.77. The number of ketones is 2.